The standard InChI is InChI=1S/C15H27NO/c1-12(2)6-5-7-13(3)14-10-16(4)9-8-15(14)11-17-15/h6,13-14H,5,7-11H2,1-4H3/t13?,14-,15+/m1/s1. The summed E-state index contributed by atoms with van der Waals surface area (Å²) in [5.41, 5.74) is 1.71. The van der Waals surface area contributed by atoms with Gasteiger partial charge in [0.25, 0.3) is 0 Å². The van der Waals surface area contributed by atoms with E-state index in [9.17, 15) is 0 Å². The largest absolute Gasteiger partial charge is 0.369 e. The van der Waals surface area contributed by atoms with Crippen LogP contribution in [0.5, 0.6) is 0 Å². The quantitative estimate of drug-likeness (QED) is 0.551. The predicted octanol–water partition coefficient (Wildman–Crippen LogP) is 3.09. The summed E-state index contributed by atoms with van der Waals surface area (Å²) >= 11 is 0. The maximum Gasteiger partial charge on any atom is 0.0971 e. The molecule has 2 heterocycles. The molecule has 0 bridgehead atoms. The Kier molecular flexibility index (Phi) is 3.94. The maximum absolute atomic E-state index is 5.80. The number of rotatable bonds is 4. The maximum atomic E-state index is 5.80. The first kappa shape index (κ1) is 13.1. The lowest BCUT2D eigenvalue weighted by molar-refractivity contribution is 0.0647. The van der Waals surface area contributed by atoms with Crippen molar-refractivity contribution in [3.05, 3.63) is 11.6 Å². The van der Waals surface area contributed by atoms with E-state index in [4.69, 9.17) is 4.74 Å². The van der Waals surface area contributed by atoms with Gasteiger partial charge in [0.05, 0.1) is 12.2 Å². The third-order valence-corrected chi connectivity index (χ3v) is 4.48. The van der Waals surface area contributed by atoms with E-state index in [0.717, 1.165) is 18.4 Å². The minimum atomic E-state index is 0.275. The minimum absolute atomic E-state index is 0.275. The Bertz CT molecular complexity index is 289. The van der Waals surface area contributed by atoms with E-state index in [1.54, 1.807) is 0 Å². The van der Waals surface area contributed by atoms with Gasteiger partial charge in [-0.1, -0.05) is 18.6 Å². The topological polar surface area (TPSA) is 15.8 Å². The average Bonchev–Trinajstić information content (AvgIpc) is 3.02. The third kappa shape index (κ3) is 3.11. The van der Waals surface area contributed by atoms with Gasteiger partial charge in [-0.3, -0.25) is 0 Å². The molecule has 98 valence electrons. The van der Waals surface area contributed by atoms with E-state index >= 15 is 0 Å². The number of hydrogen-bond acceptors (Lipinski definition) is 2. The molecule has 0 aliphatic carbocycles. The van der Waals surface area contributed by atoms with Gasteiger partial charge >= 0.3 is 0 Å². The molecule has 0 aromatic heterocycles. The van der Waals surface area contributed by atoms with Crippen molar-refractivity contribution in [2.45, 2.75) is 45.6 Å². The molecule has 2 heteroatoms. The Balaban J connectivity index is 1.88. The van der Waals surface area contributed by atoms with Gasteiger partial charge in [0, 0.05) is 19.0 Å². The van der Waals surface area contributed by atoms with Gasteiger partial charge in [-0.05, 0) is 46.1 Å². The first-order chi connectivity index (χ1) is 8.03. The summed E-state index contributed by atoms with van der Waals surface area (Å²) in [7, 11) is 2.24. The number of allylic oxidation sites excluding steroid dienone is 2. The van der Waals surface area contributed by atoms with Gasteiger partial charge in [0.1, 0.15) is 0 Å². The van der Waals surface area contributed by atoms with E-state index in [2.05, 4.69) is 38.8 Å². The van der Waals surface area contributed by atoms with Crippen molar-refractivity contribution in [1.29, 1.82) is 0 Å². The normalized spacial score (nSPS) is 34.7. The Labute approximate surface area is 106 Å². The van der Waals surface area contributed by atoms with Crippen LogP contribution < -0.4 is 0 Å². The molecule has 17 heavy (non-hydrogen) atoms. The second kappa shape index (κ2) is 5.11. The van der Waals surface area contributed by atoms with E-state index < -0.39 is 0 Å². The fourth-order valence-electron chi connectivity index (χ4n) is 3.14. The summed E-state index contributed by atoms with van der Waals surface area (Å²) in [6, 6.07) is 0. The molecule has 2 saturated heterocycles. The lowest BCUT2D eigenvalue weighted by Crippen LogP contribution is -2.46. The van der Waals surface area contributed by atoms with Crippen LogP contribution in [0.2, 0.25) is 0 Å². The highest BCUT2D eigenvalue weighted by Crippen LogP contribution is 2.46. The molecule has 1 spiro atoms. The zero-order valence-electron chi connectivity index (χ0n) is 11.8. The van der Waals surface area contributed by atoms with Crippen molar-refractivity contribution >= 4 is 0 Å². The summed E-state index contributed by atoms with van der Waals surface area (Å²) < 4.78 is 5.80. The van der Waals surface area contributed by atoms with Crippen molar-refractivity contribution in [2.75, 3.05) is 26.7 Å². The minimum Gasteiger partial charge on any atom is -0.369 e. The van der Waals surface area contributed by atoms with Crippen LogP contribution in [0.25, 0.3) is 0 Å². The molecule has 2 nitrogen and oxygen atoms in total. The van der Waals surface area contributed by atoms with Crippen LogP contribution in [0.4, 0.5) is 0 Å². The second-order valence-corrected chi connectivity index (χ2v) is 6.31. The van der Waals surface area contributed by atoms with Crippen molar-refractivity contribution in [3.63, 3.8) is 0 Å². The van der Waals surface area contributed by atoms with Crippen LogP contribution in [0, 0.1) is 11.8 Å². The van der Waals surface area contributed by atoms with Gasteiger partial charge in [0.15, 0.2) is 0 Å². The summed E-state index contributed by atoms with van der Waals surface area (Å²) in [5.74, 6) is 1.52. The zero-order valence-corrected chi connectivity index (χ0v) is 11.8. The Morgan fingerprint density at radius 2 is 2.24 bits per heavy atom. The molecule has 0 aromatic carbocycles. The van der Waals surface area contributed by atoms with E-state index in [1.165, 1.54) is 37.9 Å². The van der Waals surface area contributed by atoms with Crippen molar-refractivity contribution in [2.24, 2.45) is 11.8 Å². The smallest absolute Gasteiger partial charge is 0.0971 e. The second-order valence-electron chi connectivity index (χ2n) is 6.31. The molecule has 2 aliphatic heterocycles. The molecule has 2 fully saturated rings. The summed E-state index contributed by atoms with van der Waals surface area (Å²) in [4.78, 5) is 2.47. The molecular weight excluding hydrogens is 210 g/mol. The van der Waals surface area contributed by atoms with Gasteiger partial charge in [-0.15, -0.1) is 0 Å². The Hall–Kier alpha value is -0.340. The van der Waals surface area contributed by atoms with Gasteiger partial charge in [0.2, 0.25) is 0 Å². The van der Waals surface area contributed by atoms with Crippen LogP contribution in [0.3, 0.4) is 0 Å². The fourth-order valence-corrected chi connectivity index (χ4v) is 3.14. The summed E-state index contributed by atoms with van der Waals surface area (Å²) in [6.07, 6.45) is 6.12. The van der Waals surface area contributed by atoms with E-state index in [-0.39, 0.29) is 5.60 Å². The highest BCUT2D eigenvalue weighted by Gasteiger charge is 2.54. The number of piperidine rings is 1. The average molecular weight is 237 g/mol. The number of likely N-dealkylation sites (tertiary alicyclic amines) is 1. The highest BCUT2D eigenvalue weighted by molar-refractivity contribution is 5.04. The van der Waals surface area contributed by atoms with E-state index in [0.29, 0.717) is 0 Å². The van der Waals surface area contributed by atoms with Crippen molar-refractivity contribution in [3.8, 4) is 0 Å². The van der Waals surface area contributed by atoms with Gasteiger partial charge in [-0.2, -0.15) is 0 Å². The Morgan fingerprint density at radius 1 is 1.53 bits per heavy atom. The molecule has 3 atom stereocenters. The lowest BCUT2D eigenvalue weighted by atomic mass is 9.76. The number of hydrogen-bond donors (Lipinski definition) is 0. The fraction of sp³-hybridized carbons (Fsp3) is 0.867. The van der Waals surface area contributed by atoms with Crippen molar-refractivity contribution < 1.29 is 4.74 Å². The van der Waals surface area contributed by atoms with Gasteiger partial charge < -0.3 is 9.64 Å². The number of epoxide rings is 1. The molecule has 0 aromatic rings. The summed E-state index contributed by atoms with van der Waals surface area (Å²) in [5, 5.41) is 0. The molecule has 0 N–H and O–H groups in total. The highest BCUT2D eigenvalue weighted by atomic mass is 16.6. The molecule has 2 aliphatic rings. The van der Waals surface area contributed by atoms with Crippen LogP contribution in [0.1, 0.15) is 40.0 Å². The van der Waals surface area contributed by atoms with Crippen LogP contribution in [-0.4, -0.2) is 37.2 Å². The molecule has 0 amide bonds. The predicted molar refractivity (Wildman–Crippen MR) is 72.1 cm³/mol. The molecule has 0 saturated carbocycles. The first-order valence-electron chi connectivity index (χ1n) is 6.99. The first-order valence-corrected chi connectivity index (χ1v) is 6.99. The monoisotopic (exact) mass is 237 g/mol. The summed E-state index contributed by atoms with van der Waals surface area (Å²) in [6.45, 7) is 10.2. The number of ether oxygens (including phenoxy) is 1. The van der Waals surface area contributed by atoms with E-state index in [1.807, 2.05) is 0 Å². The van der Waals surface area contributed by atoms with Crippen molar-refractivity contribution in [1.82, 2.24) is 4.90 Å². The molecule has 2 rings (SSSR count). The SMILES string of the molecule is CC(C)=CCCC(C)[C@H]1CN(C)CC[C@]12CO2. The lowest BCUT2D eigenvalue weighted by Gasteiger charge is -2.38. The molecule has 0 radical (unpaired) electrons. The third-order valence-electron chi connectivity index (χ3n) is 4.48. The molecular formula is C15H27NO. The van der Waals surface area contributed by atoms with Gasteiger partial charge in [-0.25, -0.2) is 0 Å². The molecule has 1 unspecified atom stereocenters. The van der Waals surface area contributed by atoms with Crippen LogP contribution >= 0.6 is 0 Å². The Morgan fingerprint density at radius 3 is 2.82 bits per heavy atom. The number of nitrogens with zero attached hydrogens (tertiary/aromatic N) is 1. The zero-order chi connectivity index (χ0) is 12.5. The van der Waals surface area contributed by atoms with Crippen LogP contribution in [-0.2, 0) is 4.74 Å². The van der Waals surface area contributed by atoms with Crippen LogP contribution in [0.15, 0.2) is 11.6 Å².